The number of nitrogens with zero attached hydrogens (tertiary/aromatic N) is 4. The number of Topliss-reactive ketones (excluding diaryl/α,β-unsaturated/α-hetero) is 1. The highest BCUT2D eigenvalue weighted by Gasteiger charge is 2.45. The second kappa shape index (κ2) is 18.9. The third-order valence-corrected chi connectivity index (χ3v) is 11.2. The summed E-state index contributed by atoms with van der Waals surface area (Å²) in [4.78, 5) is 121. The first kappa shape index (κ1) is 42.9. The standard InChI is InChI=1S/C43H49N7O10/c1-4-29-40(56)49-21-12-17-30(49)41(57)48(3)32(23-26-13-7-5-8-14-26)42(58)50-22-19-28(51)24-31(50)37(53)47-35(27-15-9-6-10-16-27)43(59)60-25(2)34(38(54)45-29)46-39(55)36-33(52)18-11-20-44-36/h5-11,13-16,18,20,25,29-32,34-35,52H,4,12,17,19,21-24H2,1-3H3,(H,45,54)(H,46,55)(H,47,53)/t25-,29-,30+,31-,32-,34+,35-/m0/s1. The summed E-state index contributed by atoms with van der Waals surface area (Å²) in [5.41, 5.74) is 0.560. The van der Waals surface area contributed by atoms with E-state index in [0.717, 1.165) is 5.56 Å². The van der Waals surface area contributed by atoms with Crippen LogP contribution in [0.5, 0.6) is 5.75 Å². The van der Waals surface area contributed by atoms with Crippen LogP contribution in [0.15, 0.2) is 79.0 Å². The molecule has 4 N–H and O–H groups in total. The first-order valence-electron chi connectivity index (χ1n) is 20.0. The summed E-state index contributed by atoms with van der Waals surface area (Å²) in [6.45, 7) is 3.03. The number of cyclic esters (lactones) is 1. The number of rotatable bonds is 6. The van der Waals surface area contributed by atoms with E-state index in [0.29, 0.717) is 6.42 Å². The van der Waals surface area contributed by atoms with Crippen molar-refractivity contribution >= 4 is 47.2 Å². The summed E-state index contributed by atoms with van der Waals surface area (Å²) in [5, 5.41) is 18.2. The van der Waals surface area contributed by atoms with Gasteiger partial charge in [-0.25, -0.2) is 9.78 Å². The lowest BCUT2D eigenvalue weighted by Gasteiger charge is -2.40. The number of likely N-dealkylation sites (N-methyl/N-ethyl adjacent to an activating group) is 1. The van der Waals surface area contributed by atoms with E-state index in [4.69, 9.17) is 4.74 Å². The monoisotopic (exact) mass is 823 g/mol. The molecule has 0 saturated carbocycles. The molecule has 4 heterocycles. The van der Waals surface area contributed by atoms with Crippen LogP contribution in [-0.2, 0) is 44.7 Å². The molecular weight excluding hydrogens is 775 g/mol. The number of aromatic nitrogens is 1. The zero-order chi connectivity index (χ0) is 43.1. The van der Waals surface area contributed by atoms with Gasteiger partial charge in [-0.3, -0.25) is 33.6 Å². The van der Waals surface area contributed by atoms with Gasteiger partial charge in [-0.05, 0) is 49.4 Å². The second-order valence-corrected chi connectivity index (χ2v) is 15.2. The Morgan fingerprint density at radius 1 is 0.850 bits per heavy atom. The topological polar surface area (TPSA) is 225 Å². The quantitative estimate of drug-likeness (QED) is 0.259. The normalized spacial score (nSPS) is 26.1. The van der Waals surface area contributed by atoms with Gasteiger partial charge in [0.1, 0.15) is 47.8 Å². The Morgan fingerprint density at radius 3 is 2.22 bits per heavy atom. The number of ketones is 1. The zero-order valence-corrected chi connectivity index (χ0v) is 33.6. The SMILES string of the molecule is CC[C@@H]1NC(=O)[C@H](NC(=O)c2ncccc2O)[C@H](C)OC(=O)[C@H](c2ccccc2)NC(=O)[C@@H]2CC(=O)CCN2C(=O)[C@H](Cc2ccccc2)N(C)C(=O)[C@H]2CCCN2C1=O. The number of piperidine rings is 1. The van der Waals surface area contributed by atoms with Gasteiger partial charge in [-0.1, -0.05) is 67.6 Å². The molecule has 7 atom stereocenters. The van der Waals surface area contributed by atoms with Crippen molar-refractivity contribution in [1.82, 2.24) is 35.6 Å². The van der Waals surface area contributed by atoms with Crippen molar-refractivity contribution in [3.8, 4) is 5.75 Å². The lowest BCUT2D eigenvalue weighted by Crippen LogP contribution is -2.61. The third kappa shape index (κ3) is 9.45. The number of benzene rings is 2. The molecule has 17 heteroatoms. The van der Waals surface area contributed by atoms with Gasteiger partial charge in [0.15, 0.2) is 11.7 Å². The smallest absolute Gasteiger partial charge is 0.333 e. The summed E-state index contributed by atoms with van der Waals surface area (Å²) in [6, 6.07) is 11.7. The second-order valence-electron chi connectivity index (χ2n) is 15.2. The Labute approximate surface area is 346 Å². The Hall–Kier alpha value is -6.65. The van der Waals surface area contributed by atoms with Gasteiger partial charge >= 0.3 is 5.97 Å². The average molecular weight is 824 g/mol. The molecule has 3 aromatic rings. The zero-order valence-electron chi connectivity index (χ0n) is 33.6. The molecule has 6 rings (SSSR count). The van der Waals surface area contributed by atoms with Gasteiger partial charge in [-0.2, -0.15) is 0 Å². The van der Waals surface area contributed by atoms with Crippen LogP contribution < -0.4 is 16.0 Å². The van der Waals surface area contributed by atoms with Crippen molar-refractivity contribution in [3.63, 3.8) is 0 Å². The van der Waals surface area contributed by atoms with Crippen LogP contribution >= 0.6 is 0 Å². The Bertz CT molecular complexity index is 2120. The van der Waals surface area contributed by atoms with Crippen molar-refractivity contribution in [2.45, 2.75) is 94.7 Å². The highest BCUT2D eigenvalue weighted by Crippen LogP contribution is 2.26. The number of hydrogen-bond acceptors (Lipinski definition) is 11. The minimum absolute atomic E-state index is 0.0410. The Morgan fingerprint density at radius 2 is 1.53 bits per heavy atom. The molecule has 6 amide bonds. The van der Waals surface area contributed by atoms with Crippen LogP contribution in [0.1, 0.15) is 73.6 Å². The molecule has 3 saturated heterocycles. The molecule has 0 spiro atoms. The van der Waals surface area contributed by atoms with Gasteiger partial charge in [0.05, 0.1) is 0 Å². The highest BCUT2D eigenvalue weighted by atomic mass is 16.5. The van der Waals surface area contributed by atoms with Gasteiger partial charge in [0.25, 0.3) is 5.91 Å². The van der Waals surface area contributed by atoms with Gasteiger partial charge in [0, 0.05) is 45.6 Å². The third-order valence-electron chi connectivity index (χ3n) is 11.2. The van der Waals surface area contributed by atoms with Crippen LogP contribution in [0, 0.1) is 0 Å². The van der Waals surface area contributed by atoms with Crippen LogP contribution in [0.25, 0.3) is 0 Å². The highest BCUT2D eigenvalue weighted by molar-refractivity contribution is 6.01. The van der Waals surface area contributed by atoms with E-state index in [-0.39, 0.29) is 56.5 Å². The van der Waals surface area contributed by atoms with Gasteiger partial charge < -0.3 is 40.5 Å². The molecule has 17 nitrogen and oxygen atoms in total. The molecule has 60 heavy (non-hydrogen) atoms. The first-order valence-corrected chi connectivity index (χ1v) is 20.0. The predicted octanol–water partition coefficient (Wildman–Crippen LogP) is 1.20. The van der Waals surface area contributed by atoms with Crippen molar-refractivity contribution in [3.05, 3.63) is 95.8 Å². The average Bonchev–Trinajstić information content (AvgIpc) is 3.75. The lowest BCUT2D eigenvalue weighted by atomic mass is 9.95. The molecule has 3 aliphatic heterocycles. The fraction of sp³-hybridized carbons (Fsp3) is 0.419. The van der Waals surface area contributed by atoms with Gasteiger partial charge in [0.2, 0.25) is 29.5 Å². The first-order chi connectivity index (χ1) is 28.8. The van der Waals surface area contributed by atoms with Crippen molar-refractivity contribution in [1.29, 1.82) is 0 Å². The fourth-order valence-electron chi connectivity index (χ4n) is 7.88. The number of carbonyl (C=O) groups is 8. The number of fused-ring (bicyclic) bond motifs is 2. The van der Waals surface area contributed by atoms with E-state index in [1.165, 1.54) is 47.0 Å². The number of ether oxygens (including phenoxy) is 1. The number of aromatic hydroxyl groups is 1. The number of hydrogen-bond donors (Lipinski definition) is 4. The minimum atomic E-state index is -1.68. The molecule has 3 fully saturated rings. The van der Waals surface area contributed by atoms with E-state index in [1.54, 1.807) is 61.5 Å². The van der Waals surface area contributed by atoms with Gasteiger partial charge in [-0.15, -0.1) is 0 Å². The molecule has 1 aromatic heterocycles. The van der Waals surface area contributed by atoms with Crippen LogP contribution in [0.3, 0.4) is 0 Å². The molecule has 3 aliphatic rings. The maximum atomic E-state index is 14.8. The summed E-state index contributed by atoms with van der Waals surface area (Å²) in [7, 11) is 1.47. The predicted molar refractivity (Wildman–Crippen MR) is 213 cm³/mol. The Balaban J connectivity index is 1.43. The molecule has 0 radical (unpaired) electrons. The van der Waals surface area contributed by atoms with E-state index < -0.39 is 95.2 Å². The lowest BCUT2D eigenvalue weighted by molar-refractivity contribution is -0.156. The summed E-state index contributed by atoms with van der Waals surface area (Å²) < 4.78 is 5.83. The number of amides is 6. The van der Waals surface area contributed by atoms with Crippen molar-refractivity contribution < 1.29 is 48.2 Å². The minimum Gasteiger partial charge on any atom is -0.505 e. The number of nitrogens with one attached hydrogen (secondary N) is 3. The maximum Gasteiger partial charge on any atom is 0.333 e. The number of esters is 1. The molecule has 316 valence electrons. The summed E-state index contributed by atoms with van der Waals surface area (Å²) in [6.07, 6.45) is 0.235. The van der Waals surface area contributed by atoms with E-state index in [2.05, 4.69) is 20.9 Å². The van der Waals surface area contributed by atoms with Crippen molar-refractivity contribution in [2.75, 3.05) is 20.1 Å². The molecular formula is C43H49N7O10. The fourth-order valence-corrected chi connectivity index (χ4v) is 7.88. The van der Waals surface area contributed by atoms with E-state index in [1.807, 2.05) is 6.07 Å². The number of carbonyl (C=O) groups excluding carboxylic acids is 8. The molecule has 0 aliphatic carbocycles. The van der Waals surface area contributed by atoms with Crippen molar-refractivity contribution in [2.24, 2.45) is 0 Å². The number of pyridine rings is 1. The van der Waals surface area contributed by atoms with E-state index >= 15 is 0 Å². The van der Waals surface area contributed by atoms with E-state index in [9.17, 15) is 43.5 Å². The summed E-state index contributed by atoms with van der Waals surface area (Å²) >= 11 is 0. The Kier molecular flexibility index (Phi) is 13.6. The summed E-state index contributed by atoms with van der Waals surface area (Å²) in [5.74, 6) is -6.30. The molecule has 0 bridgehead atoms. The molecule has 0 unspecified atom stereocenters. The largest absolute Gasteiger partial charge is 0.505 e. The van der Waals surface area contributed by atoms with Crippen LogP contribution in [0.4, 0.5) is 0 Å². The maximum absolute atomic E-state index is 14.8. The molecule has 2 aromatic carbocycles. The van der Waals surface area contributed by atoms with Crippen LogP contribution in [0.2, 0.25) is 0 Å². The van der Waals surface area contributed by atoms with Crippen LogP contribution in [-0.4, -0.2) is 128 Å².